The quantitative estimate of drug-likeness (QED) is 0.478. The van der Waals surface area contributed by atoms with E-state index in [0.717, 1.165) is 24.6 Å². The average molecular weight is 462 g/mol. The summed E-state index contributed by atoms with van der Waals surface area (Å²) in [4.78, 5) is 26.4. The Bertz CT molecular complexity index is 1080. The Morgan fingerprint density at radius 1 is 1.21 bits per heavy atom. The van der Waals surface area contributed by atoms with E-state index < -0.39 is 29.6 Å². The van der Waals surface area contributed by atoms with Gasteiger partial charge in [0, 0.05) is 43.7 Å². The predicted octanol–water partition coefficient (Wildman–Crippen LogP) is 3.82. The van der Waals surface area contributed by atoms with Gasteiger partial charge in [-0.3, -0.25) is 9.48 Å². The smallest absolute Gasteiger partial charge is 0.412 e. The number of nitrogens with one attached hydrogen (secondary N) is 1. The van der Waals surface area contributed by atoms with Gasteiger partial charge in [-0.05, 0) is 43.9 Å². The minimum Gasteiger partial charge on any atom is -0.416 e. The van der Waals surface area contributed by atoms with E-state index >= 15 is 0 Å². The highest BCUT2D eigenvalue weighted by molar-refractivity contribution is 5.79. The van der Waals surface area contributed by atoms with Gasteiger partial charge in [-0.15, -0.1) is 0 Å². The molecule has 7 nitrogen and oxygen atoms in total. The maximum atomic E-state index is 14.1. The third-order valence-corrected chi connectivity index (χ3v) is 5.78. The first kappa shape index (κ1) is 22.9. The van der Waals surface area contributed by atoms with Crippen LogP contribution in [0.25, 0.3) is 0 Å². The molecular weight excluding hydrogens is 437 g/mol. The van der Waals surface area contributed by atoms with E-state index in [1.54, 1.807) is 4.90 Å². The molecule has 0 bridgehead atoms. The minimum atomic E-state index is -1.31. The first-order valence-corrected chi connectivity index (χ1v) is 10.8. The summed E-state index contributed by atoms with van der Waals surface area (Å²) in [5.74, 6) is -3.07. The molecular formula is C23H25F3N4O3. The summed E-state index contributed by atoms with van der Waals surface area (Å²) in [7, 11) is 0. The Balaban J connectivity index is 1.38. The van der Waals surface area contributed by atoms with Crippen molar-refractivity contribution in [3.8, 4) is 0 Å². The van der Waals surface area contributed by atoms with Crippen LogP contribution in [0.4, 0.5) is 18.0 Å². The minimum absolute atomic E-state index is 0.0740. The molecule has 0 unspecified atom stereocenters. The van der Waals surface area contributed by atoms with E-state index in [1.165, 1.54) is 6.92 Å². The molecule has 176 valence electrons. The van der Waals surface area contributed by atoms with Crippen molar-refractivity contribution in [1.29, 1.82) is 0 Å². The molecule has 1 atom stereocenters. The van der Waals surface area contributed by atoms with Crippen LogP contribution < -0.4 is 5.32 Å². The van der Waals surface area contributed by atoms with Crippen LogP contribution >= 0.6 is 0 Å². The molecule has 2 aromatic rings. The molecule has 1 saturated heterocycles. The molecule has 33 heavy (non-hydrogen) atoms. The summed E-state index contributed by atoms with van der Waals surface area (Å²) in [5, 5.41) is 7.07. The fourth-order valence-corrected chi connectivity index (χ4v) is 3.83. The second kappa shape index (κ2) is 9.29. The number of carbonyl (C=O) groups excluding carboxylic acids is 2. The molecule has 1 N–H and O–H groups in total. The van der Waals surface area contributed by atoms with Gasteiger partial charge in [0.1, 0.15) is 5.82 Å². The summed E-state index contributed by atoms with van der Waals surface area (Å²) >= 11 is 0. The molecule has 1 aliphatic carbocycles. The van der Waals surface area contributed by atoms with Gasteiger partial charge in [-0.1, -0.05) is 6.58 Å². The maximum Gasteiger partial charge on any atom is 0.412 e. The summed E-state index contributed by atoms with van der Waals surface area (Å²) in [6.45, 7) is 5.87. The largest absolute Gasteiger partial charge is 0.416 e. The lowest BCUT2D eigenvalue weighted by atomic mass is 10.0. The van der Waals surface area contributed by atoms with Crippen LogP contribution in [0, 0.1) is 17.5 Å². The Kier molecular flexibility index (Phi) is 6.44. The third-order valence-electron chi connectivity index (χ3n) is 5.78. The van der Waals surface area contributed by atoms with Crippen LogP contribution in [0.3, 0.4) is 0 Å². The zero-order valence-electron chi connectivity index (χ0n) is 18.2. The molecule has 0 spiro atoms. The van der Waals surface area contributed by atoms with Gasteiger partial charge in [-0.25, -0.2) is 18.0 Å². The Morgan fingerprint density at radius 3 is 2.58 bits per heavy atom. The first-order valence-electron chi connectivity index (χ1n) is 10.8. The fourth-order valence-electron chi connectivity index (χ4n) is 3.83. The lowest BCUT2D eigenvalue weighted by Gasteiger charge is -2.40. The van der Waals surface area contributed by atoms with Crippen LogP contribution in [0.2, 0.25) is 0 Å². The average Bonchev–Trinajstić information content (AvgIpc) is 3.42. The normalized spacial score (nSPS) is 16.8. The van der Waals surface area contributed by atoms with Crippen LogP contribution in [0.15, 0.2) is 36.7 Å². The second-order valence-corrected chi connectivity index (χ2v) is 8.65. The summed E-state index contributed by atoms with van der Waals surface area (Å²) in [5.41, 5.74) is 0.918. The van der Waals surface area contributed by atoms with Crippen molar-refractivity contribution in [3.63, 3.8) is 0 Å². The van der Waals surface area contributed by atoms with Crippen LogP contribution in [-0.4, -0.2) is 45.8 Å². The van der Waals surface area contributed by atoms with Crippen LogP contribution in [0.1, 0.15) is 49.4 Å². The standard InChI is InChI=1S/C23H25F3N4O3/c1-13(2)33-23(32)27-16(7-15-8-19(25)20(26)10-18(15)24)9-22(31)29-11-17(12-29)30-6-5-21(28-30)14-3-4-14/h5-6,8,10,14,16-17H,1,3-4,7,9,11-12H2,2H3,(H,27,32)/t16-/m1/s1. The zero-order chi connectivity index (χ0) is 23.7. The molecule has 1 aliphatic heterocycles. The molecule has 4 rings (SSSR count). The Hall–Kier alpha value is -3.30. The summed E-state index contributed by atoms with van der Waals surface area (Å²) < 4.78 is 47.8. The van der Waals surface area contributed by atoms with Crippen LogP contribution in [0.5, 0.6) is 0 Å². The van der Waals surface area contributed by atoms with Crippen molar-refractivity contribution in [2.75, 3.05) is 13.1 Å². The molecule has 1 aromatic carbocycles. The lowest BCUT2D eigenvalue weighted by Crippen LogP contribution is -2.52. The van der Waals surface area contributed by atoms with Crippen molar-refractivity contribution in [2.45, 2.75) is 50.6 Å². The Morgan fingerprint density at radius 2 is 1.91 bits per heavy atom. The topological polar surface area (TPSA) is 76.5 Å². The number of hydrogen-bond donors (Lipinski definition) is 1. The zero-order valence-corrected chi connectivity index (χ0v) is 18.2. The third kappa shape index (κ3) is 5.55. The molecule has 2 aliphatic rings. The molecule has 2 amide bonds. The number of rotatable bonds is 8. The van der Waals surface area contributed by atoms with Crippen molar-refractivity contribution in [2.24, 2.45) is 0 Å². The number of benzene rings is 1. The number of carbonyl (C=O) groups is 2. The highest BCUT2D eigenvalue weighted by atomic mass is 19.2. The van der Waals surface area contributed by atoms with Gasteiger partial charge >= 0.3 is 6.09 Å². The van der Waals surface area contributed by atoms with Crippen molar-refractivity contribution < 1.29 is 27.5 Å². The monoisotopic (exact) mass is 462 g/mol. The van der Waals surface area contributed by atoms with Gasteiger partial charge in [0.2, 0.25) is 5.91 Å². The highest BCUT2D eigenvalue weighted by Crippen LogP contribution is 2.39. The number of amides is 2. The molecule has 2 heterocycles. The van der Waals surface area contributed by atoms with E-state index in [4.69, 9.17) is 4.74 Å². The first-order chi connectivity index (χ1) is 15.7. The van der Waals surface area contributed by atoms with E-state index in [1.807, 2.05) is 16.9 Å². The number of hydrogen-bond acceptors (Lipinski definition) is 4. The molecule has 0 radical (unpaired) electrons. The van der Waals surface area contributed by atoms with E-state index in [-0.39, 0.29) is 36.1 Å². The van der Waals surface area contributed by atoms with Gasteiger partial charge in [-0.2, -0.15) is 5.10 Å². The summed E-state index contributed by atoms with van der Waals surface area (Å²) in [6.07, 6.45) is 2.99. The van der Waals surface area contributed by atoms with E-state index in [0.29, 0.717) is 25.1 Å². The van der Waals surface area contributed by atoms with Gasteiger partial charge in [0.05, 0.1) is 17.5 Å². The highest BCUT2D eigenvalue weighted by Gasteiger charge is 2.35. The van der Waals surface area contributed by atoms with E-state index in [9.17, 15) is 22.8 Å². The number of likely N-dealkylation sites (tertiary alicyclic amines) is 1. The van der Waals surface area contributed by atoms with E-state index in [2.05, 4.69) is 17.0 Å². The molecule has 2 fully saturated rings. The number of nitrogens with zero attached hydrogens (tertiary/aromatic N) is 3. The molecule has 1 aromatic heterocycles. The van der Waals surface area contributed by atoms with Gasteiger partial charge in [0.25, 0.3) is 0 Å². The number of halogens is 3. The van der Waals surface area contributed by atoms with Crippen molar-refractivity contribution in [3.05, 3.63) is 65.4 Å². The number of aromatic nitrogens is 2. The molecule has 1 saturated carbocycles. The van der Waals surface area contributed by atoms with Crippen molar-refractivity contribution in [1.82, 2.24) is 20.0 Å². The van der Waals surface area contributed by atoms with Crippen molar-refractivity contribution >= 4 is 12.0 Å². The molecule has 10 heteroatoms. The Labute approximate surface area is 189 Å². The van der Waals surface area contributed by atoms with Crippen LogP contribution in [-0.2, 0) is 16.0 Å². The SMILES string of the molecule is C=C(C)OC(=O)N[C@@H](CC(=O)N1CC(n2ccc(C3CC3)n2)C1)Cc1cc(F)c(F)cc1F. The fraction of sp³-hybridized carbons (Fsp3) is 0.435. The number of allylic oxidation sites excluding steroid dienone is 1. The maximum absolute atomic E-state index is 14.1. The second-order valence-electron chi connectivity index (χ2n) is 8.65. The number of ether oxygens (including phenoxy) is 1. The number of alkyl carbamates (subject to hydrolysis) is 1. The van der Waals surface area contributed by atoms with Gasteiger partial charge < -0.3 is 15.0 Å². The summed E-state index contributed by atoms with van der Waals surface area (Å²) in [6, 6.07) is 2.35. The van der Waals surface area contributed by atoms with Gasteiger partial charge in [0.15, 0.2) is 11.6 Å². The lowest BCUT2D eigenvalue weighted by molar-refractivity contribution is -0.137. The predicted molar refractivity (Wildman–Crippen MR) is 113 cm³/mol.